The summed E-state index contributed by atoms with van der Waals surface area (Å²) in [4.78, 5) is 24.8. The van der Waals surface area contributed by atoms with Crippen LogP contribution in [0.2, 0.25) is 0 Å². The predicted octanol–water partition coefficient (Wildman–Crippen LogP) is 3.37. The first kappa shape index (κ1) is 21.4. The molecule has 0 unspecified atom stereocenters. The Balaban J connectivity index is 2.20. The van der Waals surface area contributed by atoms with Crippen molar-refractivity contribution in [1.29, 1.82) is 0 Å². The monoisotopic (exact) mass is 406 g/mol. The molecule has 0 bridgehead atoms. The maximum absolute atomic E-state index is 12.9. The molecule has 150 valence electrons. The van der Waals surface area contributed by atoms with Crippen molar-refractivity contribution in [2.24, 2.45) is 0 Å². The molecule has 0 aliphatic carbocycles. The van der Waals surface area contributed by atoms with Crippen LogP contribution in [0.1, 0.15) is 36.7 Å². The molecule has 28 heavy (non-hydrogen) atoms. The summed E-state index contributed by atoms with van der Waals surface area (Å²) in [7, 11) is -3.60. The van der Waals surface area contributed by atoms with Gasteiger partial charge < -0.3 is 9.08 Å². The van der Waals surface area contributed by atoms with Gasteiger partial charge in [-0.05, 0) is 44.5 Å². The summed E-state index contributed by atoms with van der Waals surface area (Å²) in [6, 6.07) is 11.9. The van der Waals surface area contributed by atoms with Crippen molar-refractivity contribution in [3.8, 4) is 5.75 Å². The molecule has 2 aromatic carbocycles. The molecule has 0 fully saturated rings. The average molecular weight is 406 g/mol. The van der Waals surface area contributed by atoms with Crippen LogP contribution in [0.5, 0.6) is 5.75 Å². The minimum absolute atomic E-state index is 0.131. The highest BCUT2D eigenvalue weighted by atomic mass is 32.2. The summed E-state index contributed by atoms with van der Waals surface area (Å²) in [5.41, 5.74) is 0.860. The van der Waals surface area contributed by atoms with E-state index in [9.17, 15) is 23.3 Å². The van der Waals surface area contributed by atoms with E-state index in [4.69, 9.17) is 4.18 Å². The minimum atomic E-state index is -3.60. The Bertz CT molecular complexity index is 955. The van der Waals surface area contributed by atoms with Gasteiger partial charge in [0, 0.05) is 30.3 Å². The van der Waals surface area contributed by atoms with Crippen molar-refractivity contribution in [2.45, 2.75) is 33.4 Å². The van der Waals surface area contributed by atoms with Crippen LogP contribution in [0.15, 0.2) is 48.5 Å². The molecule has 0 saturated heterocycles. The Morgan fingerprint density at radius 2 is 1.82 bits per heavy atom. The van der Waals surface area contributed by atoms with Gasteiger partial charge in [0.2, 0.25) is 0 Å². The summed E-state index contributed by atoms with van der Waals surface area (Å²) in [5, 5.41) is 10.9. The lowest BCUT2D eigenvalue weighted by Gasteiger charge is -2.27. The largest absolute Gasteiger partial charge is 0.382 e. The topological polar surface area (TPSA) is 107 Å². The quantitative estimate of drug-likeness (QED) is 0.378. The summed E-state index contributed by atoms with van der Waals surface area (Å²) in [5.74, 6) is -0.257. The highest BCUT2D eigenvalue weighted by molar-refractivity contribution is 7.87. The number of hydrogen-bond donors (Lipinski definition) is 0. The number of amides is 1. The highest BCUT2D eigenvalue weighted by Gasteiger charge is 2.21. The Kier molecular flexibility index (Phi) is 6.74. The van der Waals surface area contributed by atoms with E-state index < -0.39 is 15.0 Å². The fourth-order valence-electron chi connectivity index (χ4n) is 2.46. The number of hydrogen-bond acceptors (Lipinski definition) is 6. The molecule has 0 aromatic heterocycles. The molecule has 0 saturated carbocycles. The van der Waals surface area contributed by atoms with E-state index in [1.165, 1.54) is 43.3 Å². The number of carbonyl (C=O) groups excluding carboxylic acids is 1. The van der Waals surface area contributed by atoms with Gasteiger partial charge in [0.15, 0.2) is 0 Å². The maximum Gasteiger partial charge on any atom is 0.308 e. The first-order valence-corrected chi connectivity index (χ1v) is 10.3. The number of rotatable bonds is 8. The zero-order valence-electron chi connectivity index (χ0n) is 15.9. The summed E-state index contributed by atoms with van der Waals surface area (Å²) in [6.07, 6.45) is 0. The zero-order chi connectivity index (χ0) is 20.9. The van der Waals surface area contributed by atoms with Crippen molar-refractivity contribution in [3.05, 3.63) is 69.8 Å². The van der Waals surface area contributed by atoms with Crippen LogP contribution >= 0.6 is 0 Å². The van der Waals surface area contributed by atoms with Gasteiger partial charge in [0.25, 0.3) is 11.6 Å². The lowest BCUT2D eigenvalue weighted by atomic mass is 10.1. The van der Waals surface area contributed by atoms with Crippen molar-refractivity contribution in [3.63, 3.8) is 0 Å². The van der Waals surface area contributed by atoms with Crippen molar-refractivity contribution < 1.29 is 22.3 Å². The number of nitro benzene ring substituents is 1. The molecule has 0 atom stereocenters. The van der Waals surface area contributed by atoms with Crippen LogP contribution in [-0.2, 0) is 16.7 Å². The number of non-ortho nitro benzene ring substituents is 1. The molecule has 2 rings (SSSR count). The molecular formula is C19H22N2O6S. The number of nitro groups is 1. The Morgan fingerprint density at radius 3 is 2.36 bits per heavy atom. The van der Waals surface area contributed by atoms with Crippen LogP contribution in [0.3, 0.4) is 0 Å². The van der Waals surface area contributed by atoms with Crippen molar-refractivity contribution in [1.82, 2.24) is 4.90 Å². The molecule has 0 N–H and O–H groups in total. The molecule has 0 heterocycles. The lowest BCUT2D eigenvalue weighted by molar-refractivity contribution is -0.384. The molecule has 1 amide bonds. The summed E-state index contributed by atoms with van der Waals surface area (Å²) < 4.78 is 28.0. The van der Waals surface area contributed by atoms with Gasteiger partial charge in [-0.25, -0.2) is 0 Å². The van der Waals surface area contributed by atoms with Crippen LogP contribution in [0.25, 0.3) is 0 Å². The van der Waals surface area contributed by atoms with E-state index in [-0.39, 0.29) is 41.2 Å². The van der Waals surface area contributed by atoms with Crippen LogP contribution in [0, 0.1) is 10.1 Å². The van der Waals surface area contributed by atoms with Gasteiger partial charge in [-0.2, -0.15) is 8.42 Å². The smallest absolute Gasteiger partial charge is 0.308 e. The Hall–Kier alpha value is -2.94. The van der Waals surface area contributed by atoms with E-state index in [0.29, 0.717) is 0 Å². The van der Waals surface area contributed by atoms with Gasteiger partial charge >= 0.3 is 10.1 Å². The number of nitrogens with zero attached hydrogens (tertiary/aromatic N) is 2. The first-order chi connectivity index (χ1) is 13.1. The van der Waals surface area contributed by atoms with Gasteiger partial charge in [-0.3, -0.25) is 14.9 Å². The standard InChI is InChI=1S/C19H22N2O6S/c1-4-28(25,26)27-18-10-8-15(9-11-18)13-20(14(2)3)19(22)16-6-5-7-17(12-16)21(23)24/h5-12,14H,4,13H2,1-3H3. The fourth-order valence-corrected chi connectivity index (χ4v) is 2.98. The molecule has 0 aliphatic rings. The van der Waals surface area contributed by atoms with E-state index in [0.717, 1.165) is 5.56 Å². The van der Waals surface area contributed by atoms with E-state index in [1.807, 2.05) is 13.8 Å². The lowest BCUT2D eigenvalue weighted by Crippen LogP contribution is -2.36. The molecule has 2 aromatic rings. The van der Waals surface area contributed by atoms with Gasteiger partial charge in [0.1, 0.15) is 5.75 Å². The van der Waals surface area contributed by atoms with E-state index in [2.05, 4.69) is 0 Å². The van der Waals surface area contributed by atoms with Crippen molar-refractivity contribution in [2.75, 3.05) is 5.75 Å². The second-order valence-corrected chi connectivity index (χ2v) is 8.27. The van der Waals surface area contributed by atoms with Crippen LogP contribution < -0.4 is 4.18 Å². The molecule has 9 heteroatoms. The number of benzene rings is 2. The third kappa shape index (κ3) is 5.53. The molecule has 0 spiro atoms. The molecular weight excluding hydrogens is 384 g/mol. The van der Waals surface area contributed by atoms with Gasteiger partial charge in [-0.1, -0.05) is 18.2 Å². The van der Waals surface area contributed by atoms with Gasteiger partial charge in [0.05, 0.1) is 10.7 Å². The SMILES string of the molecule is CCS(=O)(=O)Oc1ccc(CN(C(=O)c2cccc([N+](=O)[O-])c2)C(C)C)cc1. The third-order valence-electron chi connectivity index (χ3n) is 4.04. The number of carbonyl (C=O) groups is 1. The molecule has 0 aliphatic heterocycles. The van der Waals surface area contributed by atoms with Crippen LogP contribution in [-0.4, -0.2) is 35.9 Å². The van der Waals surface area contributed by atoms with Crippen molar-refractivity contribution >= 4 is 21.7 Å². The minimum Gasteiger partial charge on any atom is -0.382 e. The van der Waals surface area contributed by atoms with E-state index >= 15 is 0 Å². The Labute approximate surface area is 164 Å². The summed E-state index contributed by atoms with van der Waals surface area (Å²) >= 11 is 0. The van der Waals surface area contributed by atoms with Gasteiger partial charge in [-0.15, -0.1) is 0 Å². The normalized spacial score (nSPS) is 11.3. The predicted molar refractivity (Wildman–Crippen MR) is 105 cm³/mol. The summed E-state index contributed by atoms with van der Waals surface area (Å²) in [6.45, 7) is 5.45. The Morgan fingerprint density at radius 1 is 1.18 bits per heavy atom. The van der Waals surface area contributed by atoms with E-state index in [1.54, 1.807) is 17.0 Å². The third-order valence-corrected chi connectivity index (χ3v) is 5.19. The molecule has 8 nitrogen and oxygen atoms in total. The zero-order valence-corrected chi connectivity index (χ0v) is 16.7. The second kappa shape index (κ2) is 8.83. The fraction of sp³-hybridized carbons (Fsp3) is 0.316. The average Bonchev–Trinajstić information content (AvgIpc) is 2.66. The highest BCUT2D eigenvalue weighted by Crippen LogP contribution is 2.20. The maximum atomic E-state index is 12.9. The molecule has 0 radical (unpaired) electrons. The second-order valence-electron chi connectivity index (χ2n) is 6.41. The first-order valence-electron chi connectivity index (χ1n) is 8.69. The van der Waals surface area contributed by atoms with Crippen LogP contribution in [0.4, 0.5) is 5.69 Å².